The van der Waals surface area contributed by atoms with E-state index in [-0.39, 0.29) is 41.4 Å². The second-order valence-electron chi connectivity index (χ2n) is 10.7. The van der Waals surface area contributed by atoms with Crippen molar-refractivity contribution in [2.24, 2.45) is 5.92 Å². The molecule has 0 spiro atoms. The number of fused-ring (bicyclic) bond motifs is 1. The van der Waals surface area contributed by atoms with Gasteiger partial charge < -0.3 is 14.5 Å². The van der Waals surface area contributed by atoms with E-state index in [0.717, 1.165) is 36.6 Å². The number of hydrogen-bond donors (Lipinski definition) is 0. The van der Waals surface area contributed by atoms with Crippen LogP contribution in [-0.4, -0.2) is 64.6 Å². The molecular weight excluding hydrogens is 555 g/mol. The molecule has 0 atom stereocenters. The molecule has 0 radical (unpaired) electrons. The number of aryl methyl sites for hydroxylation is 1. The highest BCUT2D eigenvalue weighted by Gasteiger charge is 2.65. The van der Waals surface area contributed by atoms with Crippen molar-refractivity contribution in [2.75, 3.05) is 33.2 Å². The van der Waals surface area contributed by atoms with Crippen molar-refractivity contribution in [1.29, 1.82) is 0 Å². The van der Waals surface area contributed by atoms with Gasteiger partial charge in [0.1, 0.15) is 22.6 Å². The number of amides is 1. The Bertz CT molecular complexity index is 1500. The van der Waals surface area contributed by atoms with Crippen molar-refractivity contribution in [3.8, 4) is 11.4 Å². The van der Waals surface area contributed by atoms with E-state index in [9.17, 15) is 29.0 Å². The molecule has 3 aromatic rings. The first kappa shape index (κ1) is 28.3. The summed E-state index contributed by atoms with van der Waals surface area (Å²) in [6, 6.07) is 7.59. The van der Waals surface area contributed by atoms with Gasteiger partial charge in [-0.3, -0.25) is 14.2 Å². The van der Waals surface area contributed by atoms with Gasteiger partial charge in [-0.2, -0.15) is 0 Å². The Balaban J connectivity index is 1.28. The predicted molar refractivity (Wildman–Crippen MR) is 144 cm³/mol. The molecule has 2 aliphatic rings. The van der Waals surface area contributed by atoms with Crippen LogP contribution in [0.4, 0.5) is 19.4 Å². The molecular formula is C27H31F5N4O3S. The number of hydrogen-bond acceptors (Lipinski definition) is 5. The summed E-state index contributed by atoms with van der Waals surface area (Å²) in [7, 11) is -7.91. The first-order valence-corrected chi connectivity index (χ1v) is 15.1. The standard InChI is InChI=1S/C27H31F5N4O3S/c1-18-33-25-8-7-23(40(28,29,30,31)32)17-24(25)27(38)36(18)20-3-5-21(6-4-20)39-22-11-15-35(16-12-22)26(37)19-9-13-34(2)14-10-19/h3-8,17,19,22H,9-16H2,1-2H3. The second kappa shape index (κ2) is 9.44. The van der Waals surface area contributed by atoms with Gasteiger partial charge >= 0.3 is 10.2 Å². The molecule has 218 valence electrons. The third-order valence-electron chi connectivity index (χ3n) is 7.67. The summed E-state index contributed by atoms with van der Waals surface area (Å²) >= 11 is 0. The number of aromatic nitrogens is 2. The number of nitrogens with zero attached hydrogens (tertiary/aromatic N) is 4. The average Bonchev–Trinajstić information content (AvgIpc) is 2.88. The van der Waals surface area contributed by atoms with E-state index in [1.165, 1.54) is 6.92 Å². The van der Waals surface area contributed by atoms with Gasteiger partial charge in [-0.25, -0.2) is 4.98 Å². The SMILES string of the molecule is Cc1nc2ccc(S(F)(F)(F)(F)F)cc2c(=O)n1-c1ccc(OC2CCN(C(=O)C3CCN(C)CC3)CC2)cc1. The number of carbonyl (C=O) groups excluding carboxylic acids is 1. The summed E-state index contributed by atoms with van der Waals surface area (Å²) in [5.74, 6) is 1.02. The Hall–Kier alpha value is -3.19. The molecule has 2 aliphatic heterocycles. The zero-order valence-corrected chi connectivity index (χ0v) is 23.0. The number of benzene rings is 2. The Morgan fingerprint density at radius 1 is 0.925 bits per heavy atom. The van der Waals surface area contributed by atoms with Gasteiger partial charge in [0.05, 0.1) is 16.6 Å². The third-order valence-corrected chi connectivity index (χ3v) is 8.82. The number of carbonyl (C=O) groups is 1. The summed E-state index contributed by atoms with van der Waals surface area (Å²) in [4.78, 5) is 32.2. The minimum absolute atomic E-state index is 0.0793. The largest absolute Gasteiger partial charge is 0.490 e. The summed E-state index contributed by atoms with van der Waals surface area (Å²) in [5, 5.41) is -0.557. The second-order valence-corrected chi connectivity index (χ2v) is 13.1. The number of piperidine rings is 2. The van der Waals surface area contributed by atoms with Gasteiger partial charge in [0.2, 0.25) is 5.91 Å². The fourth-order valence-electron chi connectivity index (χ4n) is 5.39. The number of halogens is 5. The molecule has 0 bridgehead atoms. The van der Waals surface area contributed by atoms with Crippen molar-refractivity contribution >= 4 is 27.0 Å². The third kappa shape index (κ3) is 5.95. The zero-order chi connectivity index (χ0) is 28.9. The van der Waals surface area contributed by atoms with Crippen LogP contribution in [0, 0.1) is 12.8 Å². The molecule has 40 heavy (non-hydrogen) atoms. The summed E-state index contributed by atoms with van der Waals surface area (Å²) in [5.41, 5.74) is -0.688. The number of ether oxygens (including phenoxy) is 1. The molecule has 13 heteroatoms. The van der Waals surface area contributed by atoms with Crippen molar-refractivity contribution in [3.63, 3.8) is 0 Å². The lowest BCUT2D eigenvalue weighted by molar-refractivity contribution is -0.138. The van der Waals surface area contributed by atoms with Gasteiger partial charge in [-0.05, 0) is 82.4 Å². The summed E-state index contributed by atoms with van der Waals surface area (Å²) in [6.07, 6.45) is 3.03. The molecule has 0 N–H and O–H groups in total. The Labute approximate surface area is 228 Å². The van der Waals surface area contributed by atoms with Crippen molar-refractivity contribution < 1.29 is 29.0 Å². The highest BCUT2D eigenvalue weighted by molar-refractivity contribution is 8.45. The molecule has 7 nitrogen and oxygen atoms in total. The van der Waals surface area contributed by atoms with E-state index >= 15 is 0 Å². The van der Waals surface area contributed by atoms with Crippen LogP contribution in [0.2, 0.25) is 0 Å². The maximum absolute atomic E-state index is 13.3. The van der Waals surface area contributed by atoms with Crippen molar-refractivity contribution in [1.82, 2.24) is 19.4 Å². The number of likely N-dealkylation sites (tertiary alicyclic amines) is 2. The fraction of sp³-hybridized carbons (Fsp3) is 0.444. The van der Waals surface area contributed by atoms with Crippen LogP contribution in [-0.2, 0) is 4.79 Å². The monoisotopic (exact) mass is 586 g/mol. The van der Waals surface area contributed by atoms with E-state index < -0.39 is 26.1 Å². The normalized spacial score (nSPS) is 19.8. The van der Waals surface area contributed by atoms with Gasteiger partial charge in [-0.1, -0.05) is 19.4 Å². The number of rotatable bonds is 5. The zero-order valence-electron chi connectivity index (χ0n) is 22.2. The molecule has 0 aliphatic carbocycles. The molecule has 3 heterocycles. The lowest BCUT2D eigenvalue weighted by Crippen LogP contribution is -2.46. The maximum Gasteiger partial charge on any atom is 0.310 e. The van der Waals surface area contributed by atoms with Crippen LogP contribution >= 0.6 is 10.2 Å². The smallest absolute Gasteiger partial charge is 0.310 e. The lowest BCUT2D eigenvalue weighted by atomic mass is 9.94. The highest BCUT2D eigenvalue weighted by atomic mass is 32.5. The molecule has 0 saturated carbocycles. The molecule has 0 unspecified atom stereocenters. The van der Waals surface area contributed by atoms with Gasteiger partial charge in [-0.15, -0.1) is 0 Å². The van der Waals surface area contributed by atoms with Crippen LogP contribution < -0.4 is 10.3 Å². The van der Waals surface area contributed by atoms with Crippen LogP contribution in [0.5, 0.6) is 5.75 Å². The predicted octanol–water partition coefficient (Wildman–Crippen LogP) is 6.06. The van der Waals surface area contributed by atoms with Crippen LogP contribution in [0.15, 0.2) is 52.2 Å². The summed E-state index contributed by atoms with van der Waals surface area (Å²) in [6.45, 7) is 4.60. The first-order chi connectivity index (χ1) is 18.6. The van der Waals surface area contributed by atoms with E-state index in [1.807, 2.05) is 4.90 Å². The van der Waals surface area contributed by atoms with E-state index in [1.54, 1.807) is 24.3 Å². The topological polar surface area (TPSA) is 67.7 Å². The highest BCUT2D eigenvalue weighted by Crippen LogP contribution is 3.02. The Morgan fingerprint density at radius 3 is 2.15 bits per heavy atom. The first-order valence-electron chi connectivity index (χ1n) is 13.1. The van der Waals surface area contributed by atoms with E-state index in [4.69, 9.17) is 4.74 Å². The summed E-state index contributed by atoms with van der Waals surface area (Å²) < 4.78 is 73.9. The lowest BCUT2D eigenvalue weighted by Gasteiger charge is -2.40. The van der Waals surface area contributed by atoms with Crippen LogP contribution in [0.3, 0.4) is 0 Å². The van der Waals surface area contributed by atoms with Crippen LogP contribution in [0.25, 0.3) is 16.6 Å². The van der Waals surface area contributed by atoms with Gasteiger partial charge in [0, 0.05) is 31.8 Å². The van der Waals surface area contributed by atoms with Crippen molar-refractivity contribution in [3.05, 3.63) is 58.6 Å². The molecule has 1 aromatic heterocycles. The minimum atomic E-state index is -9.97. The van der Waals surface area contributed by atoms with Crippen LogP contribution in [0.1, 0.15) is 31.5 Å². The van der Waals surface area contributed by atoms with E-state index in [2.05, 4.69) is 16.9 Å². The van der Waals surface area contributed by atoms with Gasteiger partial charge in [0.25, 0.3) is 5.56 Å². The fourth-order valence-corrected chi connectivity index (χ4v) is 6.06. The van der Waals surface area contributed by atoms with Crippen molar-refractivity contribution in [2.45, 2.75) is 43.6 Å². The molecule has 2 fully saturated rings. The molecule has 2 saturated heterocycles. The van der Waals surface area contributed by atoms with E-state index in [0.29, 0.717) is 37.4 Å². The molecule has 1 amide bonds. The average molecular weight is 587 g/mol. The Morgan fingerprint density at radius 2 is 1.55 bits per heavy atom. The maximum atomic E-state index is 13.3. The molecule has 2 aromatic carbocycles. The molecule has 5 rings (SSSR count). The minimum Gasteiger partial charge on any atom is -0.490 e. The quantitative estimate of drug-likeness (QED) is 0.340. The Kier molecular flexibility index (Phi) is 6.69. The van der Waals surface area contributed by atoms with Gasteiger partial charge in [0.15, 0.2) is 0 Å².